The molecule has 1 saturated carbocycles. The molecule has 260 valence electrons. The summed E-state index contributed by atoms with van der Waals surface area (Å²) < 4.78 is 0. The number of hydrogen-bond acceptors (Lipinski definition) is 6. The molecule has 0 saturated heterocycles. The third kappa shape index (κ3) is 5.32. The van der Waals surface area contributed by atoms with E-state index in [2.05, 4.69) is 98.2 Å². The van der Waals surface area contributed by atoms with Crippen molar-refractivity contribution in [1.82, 2.24) is 0 Å². The number of fused-ring (bicyclic) bond motifs is 4. The van der Waals surface area contributed by atoms with Gasteiger partial charge in [-0.05, 0) is 59.7 Å². The maximum atomic E-state index is 12.5. The number of aliphatic hydroxyl groups excluding tert-OH is 2. The summed E-state index contributed by atoms with van der Waals surface area (Å²) in [7, 11) is 0. The van der Waals surface area contributed by atoms with Crippen molar-refractivity contribution in [3.63, 3.8) is 0 Å². The predicted molar refractivity (Wildman–Crippen MR) is 215 cm³/mol. The topological polar surface area (TPSA) is 99.0 Å². The normalized spacial score (nSPS) is 19.0. The molecule has 0 radical (unpaired) electrons. The van der Waals surface area contributed by atoms with Crippen LogP contribution in [-0.4, -0.2) is 48.6 Å². The van der Waals surface area contributed by atoms with Crippen LogP contribution in [0.5, 0.6) is 0 Å². The van der Waals surface area contributed by atoms with Crippen LogP contribution < -0.4 is 21.3 Å². The van der Waals surface area contributed by atoms with E-state index in [0.29, 0.717) is 11.4 Å². The molecule has 2 atom stereocenters. The molecule has 6 aromatic carbocycles. The smallest absolute Gasteiger partial charge is 0.0728 e. The predicted octanol–water partition coefficient (Wildman–Crippen LogP) is 9.32. The van der Waals surface area contributed by atoms with Crippen molar-refractivity contribution in [3.05, 3.63) is 96.1 Å². The molecule has 6 nitrogen and oxygen atoms in total. The molecule has 0 aromatic heterocycles. The Bertz CT molecular complexity index is 2040. The lowest BCUT2D eigenvalue weighted by atomic mass is 9.60. The van der Waals surface area contributed by atoms with E-state index in [9.17, 15) is 10.2 Å². The average molecular weight is 669 g/mol. The first-order chi connectivity index (χ1) is 24.4. The molecule has 0 spiro atoms. The van der Waals surface area contributed by atoms with E-state index in [1.54, 1.807) is 0 Å². The fourth-order valence-electron chi connectivity index (χ4n) is 9.06. The van der Waals surface area contributed by atoms with Crippen LogP contribution in [0.25, 0.3) is 43.1 Å². The highest BCUT2D eigenvalue weighted by molar-refractivity contribution is 6.20. The number of rotatable bonds is 12. The number of nitrogen functional groups attached to an aromatic ring is 2. The quantitative estimate of drug-likeness (QED) is 0.0766. The van der Waals surface area contributed by atoms with Gasteiger partial charge in [-0.15, -0.1) is 0 Å². The molecule has 1 aliphatic carbocycles. The molecule has 0 amide bonds. The maximum Gasteiger partial charge on any atom is 0.0728 e. The molecular weight excluding hydrogens is 617 g/mol. The third-order valence-electron chi connectivity index (χ3n) is 10.9. The van der Waals surface area contributed by atoms with Crippen LogP contribution in [0.1, 0.15) is 76.3 Å². The molecule has 1 fully saturated rings. The van der Waals surface area contributed by atoms with Crippen molar-refractivity contribution in [3.8, 4) is 0 Å². The summed E-state index contributed by atoms with van der Waals surface area (Å²) in [6, 6.07) is 29.2. The molecule has 7 rings (SSSR count). The van der Waals surface area contributed by atoms with E-state index in [0.717, 1.165) is 112 Å². The Kier molecular flexibility index (Phi) is 9.51. The van der Waals surface area contributed by atoms with Crippen molar-refractivity contribution in [1.29, 1.82) is 0 Å². The van der Waals surface area contributed by atoms with E-state index in [1.165, 1.54) is 5.69 Å². The first-order valence-corrected chi connectivity index (χ1v) is 18.7. The fourth-order valence-corrected chi connectivity index (χ4v) is 9.06. The highest BCUT2D eigenvalue weighted by Gasteiger charge is 2.53. The van der Waals surface area contributed by atoms with E-state index >= 15 is 0 Å². The van der Waals surface area contributed by atoms with Gasteiger partial charge in [0.2, 0.25) is 0 Å². The molecule has 6 N–H and O–H groups in total. The Hall–Kier alpha value is -4.52. The zero-order valence-electron chi connectivity index (χ0n) is 30.0. The average Bonchev–Trinajstić information content (AvgIpc) is 3.11. The van der Waals surface area contributed by atoms with Crippen LogP contribution >= 0.6 is 0 Å². The molecule has 6 aromatic rings. The highest BCUT2D eigenvalue weighted by atomic mass is 16.3. The summed E-state index contributed by atoms with van der Waals surface area (Å²) in [5.74, 6) is -1.07. The van der Waals surface area contributed by atoms with Crippen LogP contribution in [-0.2, 0) is 0 Å². The number of nitrogens with zero attached hydrogens (tertiary/aromatic N) is 2. The van der Waals surface area contributed by atoms with E-state index in [4.69, 9.17) is 11.5 Å². The summed E-state index contributed by atoms with van der Waals surface area (Å²) in [5.41, 5.74) is 19.2. The second-order valence-electron chi connectivity index (χ2n) is 14.2. The number of aliphatic hydroxyl groups is 2. The summed E-state index contributed by atoms with van der Waals surface area (Å²) >= 11 is 0. The summed E-state index contributed by atoms with van der Waals surface area (Å²) in [6.07, 6.45) is 2.40. The van der Waals surface area contributed by atoms with Crippen LogP contribution in [0, 0.1) is 0 Å². The van der Waals surface area contributed by atoms with Gasteiger partial charge in [0.05, 0.1) is 23.6 Å². The number of nitrogens with two attached hydrogens (primary N) is 2. The minimum Gasteiger partial charge on any atom is -0.398 e. The minimum atomic E-state index is -0.858. The van der Waals surface area contributed by atoms with Gasteiger partial charge >= 0.3 is 0 Å². The first kappa shape index (κ1) is 34.0. The molecular formula is C44H52N4O2. The lowest BCUT2D eigenvalue weighted by Crippen LogP contribution is -2.52. The Balaban J connectivity index is 1.46. The van der Waals surface area contributed by atoms with Crippen LogP contribution in [0.3, 0.4) is 0 Å². The maximum absolute atomic E-state index is 12.5. The van der Waals surface area contributed by atoms with Crippen molar-refractivity contribution in [2.45, 2.75) is 77.4 Å². The Morgan fingerprint density at radius 1 is 0.460 bits per heavy atom. The van der Waals surface area contributed by atoms with Gasteiger partial charge in [-0.2, -0.15) is 0 Å². The highest BCUT2D eigenvalue weighted by Crippen LogP contribution is 2.57. The fraction of sp³-hybridized carbons (Fsp3) is 0.364. The van der Waals surface area contributed by atoms with Crippen molar-refractivity contribution in [2.24, 2.45) is 0 Å². The number of benzene rings is 6. The zero-order valence-corrected chi connectivity index (χ0v) is 30.0. The molecule has 0 bridgehead atoms. The molecule has 0 aliphatic heterocycles. The lowest BCUT2D eigenvalue weighted by Gasteiger charge is -2.49. The zero-order chi connectivity index (χ0) is 35.1. The van der Waals surface area contributed by atoms with E-state index < -0.39 is 24.0 Å². The van der Waals surface area contributed by atoms with Crippen molar-refractivity contribution >= 4 is 65.8 Å². The summed E-state index contributed by atoms with van der Waals surface area (Å²) in [4.78, 5) is 4.96. The van der Waals surface area contributed by atoms with Gasteiger partial charge < -0.3 is 31.5 Å². The van der Waals surface area contributed by atoms with Gasteiger partial charge in [-0.3, -0.25) is 0 Å². The minimum absolute atomic E-state index is 0.494. The van der Waals surface area contributed by atoms with Crippen LogP contribution in [0.2, 0.25) is 0 Å². The Morgan fingerprint density at radius 2 is 0.800 bits per heavy atom. The van der Waals surface area contributed by atoms with Crippen molar-refractivity contribution in [2.75, 3.05) is 47.4 Å². The van der Waals surface area contributed by atoms with E-state index in [1.807, 2.05) is 24.3 Å². The molecule has 0 heterocycles. The summed E-state index contributed by atoms with van der Waals surface area (Å²) in [6.45, 7) is 12.6. The third-order valence-corrected chi connectivity index (χ3v) is 10.9. The van der Waals surface area contributed by atoms with Gasteiger partial charge in [-0.25, -0.2) is 0 Å². The van der Waals surface area contributed by atoms with Gasteiger partial charge in [0, 0.05) is 81.7 Å². The first-order valence-electron chi connectivity index (χ1n) is 18.7. The van der Waals surface area contributed by atoms with Gasteiger partial charge in [-0.1, -0.05) is 100 Å². The molecule has 1 aliphatic rings. The molecule has 6 heteroatoms. The van der Waals surface area contributed by atoms with Gasteiger partial charge in [0.15, 0.2) is 0 Å². The van der Waals surface area contributed by atoms with Crippen molar-refractivity contribution < 1.29 is 10.2 Å². The van der Waals surface area contributed by atoms with E-state index in [-0.39, 0.29) is 0 Å². The SMILES string of the molecule is CCCN(CCC)c1c2ccccc2c(C2C(O)C(c3c4c(N)cccc4c(N(CCC)CCC)c4cccc(N)c34)C2O)c2ccccc12. The lowest BCUT2D eigenvalue weighted by molar-refractivity contribution is -0.0765. The number of anilines is 4. The van der Waals surface area contributed by atoms with Crippen LogP contribution in [0.15, 0.2) is 84.9 Å². The standard InChI is InChI=1S/C44H52N4O2/c1-5-23-47(24-6-2)41-29-17-11-9-15-27(29)35(28-16-10-12-18-30(28)41)39-43(49)40(44(39)50)38-36-31(19-13-21-33(36)45)42(48(25-7-3)26-8-4)32-20-14-22-34(46)37(32)38/h9-22,39-40,43-44,49-50H,5-8,23-26,45-46H2,1-4H3. The molecule has 50 heavy (non-hydrogen) atoms. The van der Waals surface area contributed by atoms with Crippen LogP contribution in [0.4, 0.5) is 22.7 Å². The van der Waals surface area contributed by atoms with Gasteiger partial charge in [0.25, 0.3) is 0 Å². The monoisotopic (exact) mass is 668 g/mol. The Labute approximate surface area is 296 Å². The second-order valence-corrected chi connectivity index (χ2v) is 14.2. The second kappa shape index (κ2) is 14.0. The summed E-state index contributed by atoms with van der Waals surface area (Å²) in [5, 5.41) is 33.3. The number of hydrogen-bond donors (Lipinski definition) is 4. The van der Waals surface area contributed by atoms with Gasteiger partial charge in [0.1, 0.15) is 0 Å². The largest absolute Gasteiger partial charge is 0.398 e. The Morgan fingerprint density at radius 3 is 1.20 bits per heavy atom. The molecule has 2 unspecified atom stereocenters.